The Kier molecular flexibility index (Phi) is 6.85. The van der Waals surface area contributed by atoms with Crippen molar-refractivity contribution in [3.05, 3.63) is 87.2 Å². The summed E-state index contributed by atoms with van der Waals surface area (Å²) in [7, 11) is 3.97. The number of esters is 1. The van der Waals surface area contributed by atoms with Crippen LogP contribution in [0, 0.1) is 0 Å². The Morgan fingerprint density at radius 3 is 2.24 bits per heavy atom. The quantitative estimate of drug-likeness (QED) is 0.557. The van der Waals surface area contributed by atoms with Crippen LogP contribution in [0.25, 0.3) is 0 Å². The van der Waals surface area contributed by atoms with Crippen LogP contribution in [0.15, 0.2) is 71.1 Å². The van der Waals surface area contributed by atoms with Gasteiger partial charge in [0.25, 0.3) is 0 Å². The minimum absolute atomic E-state index is 0.0535. The van der Waals surface area contributed by atoms with E-state index in [4.69, 9.17) is 16.3 Å². The van der Waals surface area contributed by atoms with Crippen LogP contribution in [0.5, 0.6) is 0 Å². The molecule has 2 aromatic rings. The molecule has 178 valence electrons. The highest BCUT2D eigenvalue weighted by atomic mass is 35.5. The third-order valence-corrected chi connectivity index (χ3v) is 6.73. The summed E-state index contributed by atoms with van der Waals surface area (Å²) in [5.41, 5.74) is 5.84. The zero-order chi connectivity index (χ0) is 24.6. The highest BCUT2D eigenvalue weighted by Crippen LogP contribution is 2.46. The van der Waals surface area contributed by atoms with Crippen molar-refractivity contribution in [2.75, 3.05) is 19.0 Å². The first-order chi connectivity index (χ1) is 16.2. The first-order valence-electron chi connectivity index (χ1n) is 11.6. The molecule has 0 unspecified atom stereocenters. The van der Waals surface area contributed by atoms with Crippen molar-refractivity contribution in [3.8, 4) is 0 Å². The molecule has 0 saturated carbocycles. The number of ether oxygens (including phenoxy) is 1. The third-order valence-electron chi connectivity index (χ3n) is 6.47. The second-order valence-corrected chi connectivity index (χ2v) is 9.95. The number of allylic oxidation sites excluding steroid dienone is 3. The molecule has 0 bridgehead atoms. The van der Waals surface area contributed by atoms with E-state index in [0.717, 1.165) is 28.2 Å². The number of anilines is 1. The van der Waals surface area contributed by atoms with Crippen LogP contribution in [0.3, 0.4) is 0 Å². The maximum Gasteiger partial charge on any atom is 0.337 e. The number of dihydropyridines is 1. The third kappa shape index (κ3) is 4.76. The smallest absolute Gasteiger partial charge is 0.337 e. The van der Waals surface area contributed by atoms with E-state index in [2.05, 4.69) is 5.32 Å². The fourth-order valence-electron chi connectivity index (χ4n) is 4.86. The molecule has 1 N–H and O–H groups in total. The van der Waals surface area contributed by atoms with Crippen LogP contribution in [0.1, 0.15) is 56.6 Å². The molecule has 34 heavy (non-hydrogen) atoms. The molecule has 6 heteroatoms. The van der Waals surface area contributed by atoms with Crippen molar-refractivity contribution in [2.24, 2.45) is 0 Å². The summed E-state index contributed by atoms with van der Waals surface area (Å²) >= 11 is 6.07. The van der Waals surface area contributed by atoms with E-state index in [-0.39, 0.29) is 23.8 Å². The fourth-order valence-corrected chi connectivity index (χ4v) is 4.98. The lowest BCUT2D eigenvalue weighted by molar-refractivity contribution is -0.143. The number of nitrogens with one attached hydrogen (secondary N) is 1. The summed E-state index contributed by atoms with van der Waals surface area (Å²) < 4.78 is 5.60. The van der Waals surface area contributed by atoms with E-state index in [1.807, 2.05) is 88.3 Å². The molecular weight excluding hydrogens is 448 g/mol. The molecule has 0 aromatic heterocycles. The van der Waals surface area contributed by atoms with Crippen LogP contribution >= 0.6 is 11.6 Å². The summed E-state index contributed by atoms with van der Waals surface area (Å²) in [6.07, 6.45) is 0.829. The predicted octanol–water partition coefficient (Wildman–Crippen LogP) is 5.72. The van der Waals surface area contributed by atoms with Crippen molar-refractivity contribution >= 4 is 29.0 Å². The van der Waals surface area contributed by atoms with Gasteiger partial charge in [0.2, 0.25) is 0 Å². The molecular formula is C28H31ClN2O3. The lowest BCUT2D eigenvalue weighted by atomic mass is 9.71. The molecule has 2 atom stereocenters. The minimum Gasteiger partial charge on any atom is -0.460 e. The molecule has 5 nitrogen and oxygen atoms in total. The van der Waals surface area contributed by atoms with Gasteiger partial charge in [0.1, 0.15) is 0 Å². The largest absolute Gasteiger partial charge is 0.460 e. The van der Waals surface area contributed by atoms with Gasteiger partial charge in [-0.3, -0.25) is 4.79 Å². The van der Waals surface area contributed by atoms with Crippen molar-refractivity contribution in [1.82, 2.24) is 5.32 Å². The minimum atomic E-state index is -0.461. The molecule has 0 spiro atoms. The number of hydrogen-bond donors (Lipinski definition) is 1. The van der Waals surface area contributed by atoms with E-state index in [0.29, 0.717) is 29.0 Å². The first kappa shape index (κ1) is 24.1. The van der Waals surface area contributed by atoms with Gasteiger partial charge in [-0.05, 0) is 68.5 Å². The topological polar surface area (TPSA) is 58.6 Å². The Balaban J connectivity index is 1.78. The number of ketones is 1. The summed E-state index contributed by atoms with van der Waals surface area (Å²) in [5, 5.41) is 4.07. The van der Waals surface area contributed by atoms with Gasteiger partial charge in [-0.25, -0.2) is 4.79 Å². The Labute approximate surface area is 206 Å². The van der Waals surface area contributed by atoms with Gasteiger partial charge < -0.3 is 15.0 Å². The normalized spacial score (nSPS) is 20.3. The zero-order valence-corrected chi connectivity index (χ0v) is 21.1. The highest BCUT2D eigenvalue weighted by molar-refractivity contribution is 6.30. The van der Waals surface area contributed by atoms with Crippen molar-refractivity contribution in [2.45, 2.75) is 51.6 Å². The van der Waals surface area contributed by atoms with Crippen LogP contribution in [0.4, 0.5) is 5.69 Å². The molecule has 0 radical (unpaired) electrons. The van der Waals surface area contributed by atoms with Crippen LogP contribution < -0.4 is 10.2 Å². The number of nitrogens with zero attached hydrogens (tertiary/aromatic N) is 1. The van der Waals surface area contributed by atoms with E-state index < -0.39 is 5.92 Å². The molecule has 0 saturated heterocycles. The van der Waals surface area contributed by atoms with Gasteiger partial charge in [-0.15, -0.1) is 0 Å². The van der Waals surface area contributed by atoms with Crippen LogP contribution in [0.2, 0.25) is 5.02 Å². The zero-order valence-electron chi connectivity index (χ0n) is 20.3. The average Bonchev–Trinajstić information content (AvgIpc) is 2.78. The van der Waals surface area contributed by atoms with Crippen molar-refractivity contribution in [3.63, 3.8) is 0 Å². The Morgan fingerprint density at radius 1 is 1.03 bits per heavy atom. The number of benzene rings is 2. The Hall–Kier alpha value is -3.05. The number of hydrogen-bond acceptors (Lipinski definition) is 5. The molecule has 0 fully saturated rings. The van der Waals surface area contributed by atoms with Gasteiger partial charge in [-0.2, -0.15) is 0 Å². The molecule has 2 aromatic carbocycles. The Morgan fingerprint density at radius 2 is 1.65 bits per heavy atom. The molecule has 1 heterocycles. The number of carbonyl (C=O) groups excluding carboxylic acids is 2. The number of carbonyl (C=O) groups is 2. The van der Waals surface area contributed by atoms with Crippen molar-refractivity contribution in [1.29, 1.82) is 0 Å². The highest BCUT2D eigenvalue weighted by Gasteiger charge is 2.41. The van der Waals surface area contributed by atoms with E-state index in [9.17, 15) is 9.59 Å². The summed E-state index contributed by atoms with van der Waals surface area (Å²) in [6, 6.07) is 15.7. The molecule has 1 aliphatic heterocycles. The van der Waals surface area contributed by atoms with Crippen molar-refractivity contribution < 1.29 is 14.3 Å². The van der Waals surface area contributed by atoms with Gasteiger partial charge in [0.15, 0.2) is 5.78 Å². The van der Waals surface area contributed by atoms with Gasteiger partial charge >= 0.3 is 5.97 Å². The van der Waals surface area contributed by atoms with E-state index in [1.54, 1.807) is 0 Å². The summed E-state index contributed by atoms with van der Waals surface area (Å²) in [4.78, 5) is 28.9. The summed E-state index contributed by atoms with van der Waals surface area (Å²) in [5.74, 6) is -0.735. The van der Waals surface area contributed by atoms with Crippen LogP contribution in [-0.4, -0.2) is 32.0 Å². The van der Waals surface area contributed by atoms with Gasteiger partial charge in [0.05, 0.1) is 11.7 Å². The number of halogens is 1. The predicted molar refractivity (Wildman–Crippen MR) is 136 cm³/mol. The lowest BCUT2D eigenvalue weighted by Crippen LogP contribution is -2.36. The SMILES string of the molecule is CC1=C(C(=O)OC(C)C)[C@H](c2ccc(N(C)C)cc2)C2=C(C[C@@H](c3ccc(Cl)cc3)CC2=O)N1. The lowest BCUT2D eigenvalue weighted by Gasteiger charge is -2.37. The molecule has 0 amide bonds. The van der Waals surface area contributed by atoms with E-state index in [1.165, 1.54) is 0 Å². The second kappa shape index (κ2) is 9.67. The maximum atomic E-state index is 13.6. The number of rotatable bonds is 5. The second-order valence-electron chi connectivity index (χ2n) is 9.51. The Bertz CT molecular complexity index is 1160. The average molecular weight is 479 g/mol. The monoisotopic (exact) mass is 478 g/mol. The molecule has 2 aliphatic rings. The van der Waals surface area contributed by atoms with E-state index >= 15 is 0 Å². The maximum absolute atomic E-state index is 13.6. The van der Waals surface area contributed by atoms with Gasteiger partial charge in [-0.1, -0.05) is 35.9 Å². The number of Topliss-reactive ketones (excluding diaryl/α,β-unsaturated/α-hetero) is 1. The standard InChI is InChI=1S/C28H31ClN2O3/c1-16(2)34-28(33)25-17(3)30-23-14-20(18-6-10-21(29)11-7-18)15-24(32)27(23)26(25)19-8-12-22(13-9-19)31(4)5/h6-13,16,20,26,30H,14-15H2,1-5H3/t20-,26+/m1/s1. The molecule has 1 aliphatic carbocycles. The fraction of sp³-hybridized carbons (Fsp3) is 0.357. The molecule has 4 rings (SSSR count). The first-order valence-corrected chi connectivity index (χ1v) is 12.0. The van der Waals surface area contributed by atoms with Crippen LogP contribution in [-0.2, 0) is 14.3 Å². The summed E-state index contributed by atoms with van der Waals surface area (Å²) in [6.45, 7) is 5.55. The van der Waals surface area contributed by atoms with Gasteiger partial charge in [0, 0.05) is 54.1 Å².